The molecule has 9 nitrogen and oxygen atoms in total. The summed E-state index contributed by atoms with van der Waals surface area (Å²) in [4.78, 5) is 11.7. The number of nitrogens with one attached hydrogen (secondary N) is 1. The molecular formula is C20H24ClN7O2. The minimum absolute atomic E-state index is 0.103. The van der Waals surface area contributed by atoms with Crippen molar-refractivity contribution in [3.8, 4) is 0 Å². The second kappa shape index (κ2) is 7.73. The van der Waals surface area contributed by atoms with E-state index >= 15 is 0 Å². The van der Waals surface area contributed by atoms with Crippen molar-refractivity contribution in [3.05, 3.63) is 40.7 Å². The minimum Gasteiger partial charge on any atom is -0.388 e. The van der Waals surface area contributed by atoms with Crippen LogP contribution in [0.4, 0.5) is 5.82 Å². The van der Waals surface area contributed by atoms with E-state index < -0.39 is 5.60 Å². The largest absolute Gasteiger partial charge is 0.388 e. The number of aliphatic hydroxyl groups is 1. The molecule has 2 aromatic heterocycles. The first-order valence-corrected chi connectivity index (χ1v) is 10.5. The lowest BCUT2D eigenvalue weighted by atomic mass is 10.1. The highest BCUT2D eigenvalue weighted by molar-refractivity contribution is 6.31. The van der Waals surface area contributed by atoms with E-state index in [1.807, 2.05) is 31.2 Å². The Morgan fingerprint density at radius 3 is 2.93 bits per heavy atom. The summed E-state index contributed by atoms with van der Waals surface area (Å²) < 4.78 is 7.37. The van der Waals surface area contributed by atoms with Crippen LogP contribution in [-0.4, -0.2) is 68.5 Å². The van der Waals surface area contributed by atoms with Crippen molar-refractivity contribution in [3.63, 3.8) is 0 Å². The Morgan fingerprint density at radius 1 is 1.33 bits per heavy atom. The third kappa shape index (κ3) is 3.74. The van der Waals surface area contributed by atoms with E-state index in [9.17, 15) is 5.11 Å². The molecule has 3 aromatic rings. The number of hydrogen-bond acceptors (Lipinski definition) is 8. The van der Waals surface area contributed by atoms with Gasteiger partial charge in [0.15, 0.2) is 22.8 Å². The van der Waals surface area contributed by atoms with E-state index in [1.54, 1.807) is 4.68 Å². The number of morpholine rings is 1. The molecule has 0 spiro atoms. The highest BCUT2D eigenvalue weighted by Crippen LogP contribution is 2.31. The molecule has 0 bridgehead atoms. The monoisotopic (exact) mass is 429 g/mol. The molecule has 30 heavy (non-hydrogen) atoms. The molecule has 1 unspecified atom stereocenters. The molecule has 2 aliphatic rings. The van der Waals surface area contributed by atoms with Crippen LogP contribution in [-0.2, 0) is 11.3 Å². The standard InChI is InChI=1S/C20H24ClN7O2/c1-20(29)6-8-27(12-20)18-16-19(24-17(23-18)15-11-30-9-7-22-15)28(26-25-16)10-13-4-2-3-5-14(13)21/h2-5,15,22,29H,6-12H2,1H3/t15?,20-/m0/s1. The van der Waals surface area contributed by atoms with Gasteiger partial charge in [-0.25, -0.2) is 14.6 Å². The Hall–Kier alpha value is -2.33. The zero-order chi connectivity index (χ0) is 20.7. The molecule has 4 heterocycles. The van der Waals surface area contributed by atoms with Gasteiger partial charge in [0, 0.05) is 24.7 Å². The molecule has 2 atom stereocenters. The number of ether oxygens (including phenoxy) is 1. The van der Waals surface area contributed by atoms with Gasteiger partial charge in [-0.1, -0.05) is 35.0 Å². The number of aromatic nitrogens is 5. The normalized spacial score (nSPS) is 24.6. The van der Waals surface area contributed by atoms with Gasteiger partial charge in [0.1, 0.15) is 0 Å². The summed E-state index contributed by atoms with van der Waals surface area (Å²) in [6.45, 7) is 5.42. The maximum Gasteiger partial charge on any atom is 0.184 e. The van der Waals surface area contributed by atoms with E-state index in [0.717, 1.165) is 12.1 Å². The number of rotatable bonds is 4. The highest BCUT2D eigenvalue weighted by atomic mass is 35.5. The molecule has 0 radical (unpaired) electrons. The van der Waals surface area contributed by atoms with Crippen LogP contribution in [0.15, 0.2) is 24.3 Å². The summed E-state index contributed by atoms with van der Waals surface area (Å²) in [7, 11) is 0. The average Bonchev–Trinajstić information content (AvgIpc) is 3.32. The molecule has 5 rings (SSSR count). The van der Waals surface area contributed by atoms with Gasteiger partial charge in [-0.2, -0.15) is 0 Å². The van der Waals surface area contributed by atoms with Crippen molar-refractivity contribution in [1.82, 2.24) is 30.3 Å². The number of fused-ring (bicyclic) bond motifs is 1. The Bertz CT molecular complexity index is 1060. The molecule has 1 aromatic carbocycles. The van der Waals surface area contributed by atoms with Gasteiger partial charge >= 0.3 is 0 Å². The van der Waals surface area contributed by atoms with Crippen LogP contribution in [0, 0.1) is 0 Å². The number of nitrogens with zero attached hydrogens (tertiary/aromatic N) is 6. The number of halogens is 1. The SMILES string of the molecule is C[C@]1(O)CCN(c2nc(C3COCCN3)nc3c2nnn3Cc2ccccc2Cl)C1. The van der Waals surface area contributed by atoms with Crippen molar-refractivity contribution in [2.75, 3.05) is 37.7 Å². The van der Waals surface area contributed by atoms with Crippen LogP contribution >= 0.6 is 11.6 Å². The van der Waals surface area contributed by atoms with Crippen molar-refractivity contribution >= 4 is 28.6 Å². The molecule has 0 aliphatic carbocycles. The van der Waals surface area contributed by atoms with Gasteiger partial charge in [-0.05, 0) is 25.0 Å². The highest BCUT2D eigenvalue weighted by Gasteiger charge is 2.34. The van der Waals surface area contributed by atoms with Crippen molar-refractivity contribution < 1.29 is 9.84 Å². The lowest BCUT2D eigenvalue weighted by Crippen LogP contribution is -2.36. The lowest BCUT2D eigenvalue weighted by Gasteiger charge is -2.25. The van der Waals surface area contributed by atoms with E-state index in [4.69, 9.17) is 26.3 Å². The Morgan fingerprint density at radius 2 is 2.20 bits per heavy atom. The minimum atomic E-state index is -0.753. The van der Waals surface area contributed by atoms with Gasteiger partial charge in [0.2, 0.25) is 0 Å². The van der Waals surface area contributed by atoms with Gasteiger partial charge < -0.3 is 20.1 Å². The first-order chi connectivity index (χ1) is 14.5. The second-order valence-electron chi connectivity index (χ2n) is 8.17. The molecule has 2 aliphatic heterocycles. The van der Waals surface area contributed by atoms with Gasteiger partial charge in [-0.3, -0.25) is 0 Å². The number of anilines is 1. The summed E-state index contributed by atoms with van der Waals surface area (Å²) in [5, 5.41) is 23.3. The van der Waals surface area contributed by atoms with E-state index in [-0.39, 0.29) is 6.04 Å². The summed E-state index contributed by atoms with van der Waals surface area (Å²) >= 11 is 6.35. The van der Waals surface area contributed by atoms with Gasteiger partial charge in [0.05, 0.1) is 31.4 Å². The lowest BCUT2D eigenvalue weighted by molar-refractivity contribution is 0.0742. The maximum atomic E-state index is 10.5. The summed E-state index contributed by atoms with van der Waals surface area (Å²) in [5.41, 5.74) is 1.46. The zero-order valence-electron chi connectivity index (χ0n) is 16.8. The van der Waals surface area contributed by atoms with E-state index in [0.29, 0.717) is 67.1 Å². The predicted octanol–water partition coefficient (Wildman–Crippen LogP) is 1.55. The van der Waals surface area contributed by atoms with E-state index in [2.05, 4.69) is 20.5 Å². The van der Waals surface area contributed by atoms with Crippen LogP contribution in [0.5, 0.6) is 0 Å². The molecule has 2 fully saturated rings. The number of benzene rings is 1. The zero-order valence-corrected chi connectivity index (χ0v) is 17.5. The van der Waals surface area contributed by atoms with Crippen LogP contribution in [0.3, 0.4) is 0 Å². The molecule has 158 valence electrons. The van der Waals surface area contributed by atoms with Crippen LogP contribution in [0.2, 0.25) is 5.02 Å². The fourth-order valence-electron chi connectivity index (χ4n) is 3.99. The molecule has 2 saturated heterocycles. The molecular weight excluding hydrogens is 406 g/mol. The summed E-state index contributed by atoms with van der Waals surface area (Å²) in [6.07, 6.45) is 0.673. The Balaban J connectivity index is 1.59. The quantitative estimate of drug-likeness (QED) is 0.644. The van der Waals surface area contributed by atoms with Gasteiger partial charge in [0.25, 0.3) is 0 Å². The fourth-order valence-corrected chi connectivity index (χ4v) is 4.18. The smallest absolute Gasteiger partial charge is 0.184 e. The van der Waals surface area contributed by atoms with Crippen molar-refractivity contribution in [1.29, 1.82) is 0 Å². The second-order valence-corrected chi connectivity index (χ2v) is 8.57. The van der Waals surface area contributed by atoms with Crippen LogP contribution in [0.25, 0.3) is 11.2 Å². The molecule has 2 N–H and O–H groups in total. The molecule has 10 heteroatoms. The van der Waals surface area contributed by atoms with Gasteiger partial charge in [-0.15, -0.1) is 5.10 Å². The number of β-amino-alcohol motifs (C(OH)–C–C–N with tert-alkyl or cyclic N) is 1. The molecule has 0 saturated carbocycles. The Kier molecular flexibility index (Phi) is 5.06. The predicted molar refractivity (Wildman–Crippen MR) is 113 cm³/mol. The van der Waals surface area contributed by atoms with E-state index in [1.165, 1.54) is 0 Å². The van der Waals surface area contributed by atoms with Crippen molar-refractivity contribution in [2.24, 2.45) is 0 Å². The maximum absolute atomic E-state index is 10.5. The first-order valence-electron chi connectivity index (χ1n) is 10.1. The first kappa shape index (κ1) is 19.6. The number of hydrogen-bond donors (Lipinski definition) is 2. The topological polar surface area (TPSA) is 101 Å². The Labute approximate surface area is 179 Å². The van der Waals surface area contributed by atoms with Crippen LogP contribution in [0.1, 0.15) is 30.8 Å². The summed E-state index contributed by atoms with van der Waals surface area (Å²) in [5.74, 6) is 1.34. The third-order valence-electron chi connectivity index (χ3n) is 5.62. The summed E-state index contributed by atoms with van der Waals surface area (Å²) in [6, 6.07) is 7.57. The van der Waals surface area contributed by atoms with Crippen LogP contribution < -0.4 is 10.2 Å². The average molecular weight is 430 g/mol. The third-order valence-corrected chi connectivity index (χ3v) is 5.99. The fraction of sp³-hybridized carbons (Fsp3) is 0.500. The molecule has 0 amide bonds. The van der Waals surface area contributed by atoms with Crippen molar-refractivity contribution in [2.45, 2.75) is 31.5 Å².